The molecule has 0 unspecified atom stereocenters. The summed E-state index contributed by atoms with van der Waals surface area (Å²) in [7, 11) is -2.45. The van der Waals surface area contributed by atoms with Gasteiger partial charge in [0.25, 0.3) is 0 Å². The summed E-state index contributed by atoms with van der Waals surface area (Å²) in [4.78, 5) is 9.90. The largest absolute Gasteiger partial charge is 0.496 e. The van der Waals surface area contributed by atoms with Crippen LogP contribution in [0.4, 0.5) is 5.69 Å². The van der Waals surface area contributed by atoms with Gasteiger partial charge < -0.3 is 8.92 Å². The first-order chi connectivity index (χ1) is 7.33. The summed E-state index contributed by atoms with van der Waals surface area (Å²) in [5, 5.41) is 10.7. The third-order valence-electron chi connectivity index (χ3n) is 1.60. The van der Waals surface area contributed by atoms with Crippen LogP contribution in [-0.2, 0) is 10.1 Å². The minimum absolute atomic E-state index is 0.243. The number of benzene rings is 1. The molecule has 1 aromatic carbocycles. The van der Waals surface area contributed by atoms with Crippen molar-refractivity contribution in [2.75, 3.05) is 13.4 Å². The van der Waals surface area contributed by atoms with Gasteiger partial charge >= 0.3 is 15.8 Å². The van der Waals surface area contributed by atoms with Crippen molar-refractivity contribution >= 4 is 15.8 Å². The fourth-order valence-corrected chi connectivity index (χ4v) is 1.47. The van der Waals surface area contributed by atoms with Crippen molar-refractivity contribution in [1.29, 1.82) is 0 Å². The lowest BCUT2D eigenvalue weighted by Crippen LogP contribution is -2.07. The number of nitro benzene ring substituents is 1. The average Bonchev–Trinajstić information content (AvgIpc) is 2.15. The van der Waals surface area contributed by atoms with Crippen molar-refractivity contribution in [1.82, 2.24) is 0 Å². The van der Waals surface area contributed by atoms with Gasteiger partial charge in [-0.05, 0) is 12.1 Å². The van der Waals surface area contributed by atoms with Gasteiger partial charge in [-0.2, -0.15) is 8.42 Å². The molecule has 0 N–H and O–H groups in total. The van der Waals surface area contributed by atoms with Crippen molar-refractivity contribution in [3.63, 3.8) is 0 Å². The van der Waals surface area contributed by atoms with Gasteiger partial charge in [0.15, 0.2) is 0 Å². The number of nitro groups is 1. The van der Waals surface area contributed by atoms with E-state index < -0.39 is 20.7 Å². The molecule has 0 heterocycles. The van der Waals surface area contributed by atoms with E-state index in [0.29, 0.717) is 0 Å². The molecule has 0 aliphatic heterocycles. The van der Waals surface area contributed by atoms with Gasteiger partial charge in [-0.15, -0.1) is 0 Å². The number of nitrogens with zero attached hydrogens (tertiary/aromatic N) is 1. The van der Waals surface area contributed by atoms with Crippen LogP contribution in [0.1, 0.15) is 0 Å². The molecule has 0 aliphatic carbocycles. The molecular formula is C8H9NO6S. The molecule has 0 amide bonds. The maximum Gasteiger partial charge on any atom is 0.316 e. The van der Waals surface area contributed by atoms with Gasteiger partial charge in [0.2, 0.25) is 5.75 Å². The van der Waals surface area contributed by atoms with Gasteiger partial charge in [-0.25, -0.2) is 0 Å². The number of hydrogen-bond donors (Lipinski definition) is 0. The second kappa shape index (κ2) is 4.35. The zero-order valence-electron chi connectivity index (χ0n) is 8.54. The van der Waals surface area contributed by atoms with E-state index in [1.165, 1.54) is 13.2 Å². The zero-order chi connectivity index (χ0) is 12.3. The number of rotatable bonds is 4. The highest BCUT2D eigenvalue weighted by atomic mass is 32.2. The monoisotopic (exact) mass is 247 g/mol. The molecule has 1 aromatic rings. The Morgan fingerprint density at radius 3 is 2.44 bits per heavy atom. The van der Waals surface area contributed by atoms with Crippen LogP contribution in [0.2, 0.25) is 0 Å². The molecule has 1 rings (SSSR count). The van der Waals surface area contributed by atoms with Gasteiger partial charge in [-0.3, -0.25) is 10.1 Å². The van der Waals surface area contributed by atoms with E-state index >= 15 is 0 Å². The molecule has 0 spiro atoms. The molecule has 0 saturated carbocycles. The summed E-state index contributed by atoms with van der Waals surface area (Å²) in [6, 6.07) is 3.62. The van der Waals surface area contributed by atoms with Crippen LogP contribution in [0.5, 0.6) is 11.5 Å². The number of hydrogen-bond acceptors (Lipinski definition) is 6. The van der Waals surface area contributed by atoms with Crippen LogP contribution in [0.3, 0.4) is 0 Å². The van der Waals surface area contributed by atoms with Crippen molar-refractivity contribution < 1.29 is 22.3 Å². The Hall–Kier alpha value is -1.83. The summed E-state index contributed by atoms with van der Waals surface area (Å²) >= 11 is 0. The molecule has 0 bridgehead atoms. The van der Waals surface area contributed by atoms with E-state index in [-0.39, 0.29) is 11.5 Å². The lowest BCUT2D eigenvalue weighted by atomic mass is 10.3. The molecular weight excluding hydrogens is 238 g/mol. The maximum atomic E-state index is 10.9. The first kappa shape index (κ1) is 12.2. The molecule has 0 aromatic heterocycles. The van der Waals surface area contributed by atoms with Crippen LogP contribution in [0.15, 0.2) is 18.2 Å². The fraction of sp³-hybridized carbons (Fsp3) is 0.250. The molecule has 0 atom stereocenters. The summed E-state index contributed by atoms with van der Waals surface area (Å²) in [6.45, 7) is 0. The molecule has 7 nitrogen and oxygen atoms in total. The third kappa shape index (κ3) is 3.09. The Labute approximate surface area is 91.9 Å². The van der Waals surface area contributed by atoms with Crippen LogP contribution >= 0.6 is 0 Å². The minimum atomic E-state index is -3.80. The highest BCUT2D eigenvalue weighted by molar-refractivity contribution is 7.86. The highest BCUT2D eigenvalue weighted by Gasteiger charge is 2.19. The predicted octanol–water partition coefficient (Wildman–Crippen LogP) is 0.942. The first-order valence-corrected chi connectivity index (χ1v) is 5.87. The van der Waals surface area contributed by atoms with Crippen molar-refractivity contribution in [2.24, 2.45) is 0 Å². The van der Waals surface area contributed by atoms with E-state index in [2.05, 4.69) is 4.18 Å². The molecule has 0 aliphatic rings. The fourth-order valence-electron chi connectivity index (χ4n) is 1.00. The Kier molecular flexibility index (Phi) is 3.33. The van der Waals surface area contributed by atoms with Crippen molar-refractivity contribution in [2.45, 2.75) is 0 Å². The summed E-state index contributed by atoms with van der Waals surface area (Å²) in [5.41, 5.74) is -0.468. The van der Waals surface area contributed by atoms with E-state index in [0.717, 1.165) is 18.4 Å². The molecule has 0 saturated heterocycles. The topological polar surface area (TPSA) is 95.7 Å². The van der Waals surface area contributed by atoms with Crippen LogP contribution in [0, 0.1) is 10.1 Å². The zero-order valence-corrected chi connectivity index (χ0v) is 9.35. The molecule has 0 radical (unpaired) electrons. The van der Waals surface area contributed by atoms with Crippen LogP contribution in [-0.4, -0.2) is 26.7 Å². The van der Waals surface area contributed by atoms with E-state index in [1.54, 1.807) is 0 Å². The first-order valence-electron chi connectivity index (χ1n) is 4.05. The summed E-state index contributed by atoms with van der Waals surface area (Å²) in [5.74, 6) is -0.0964. The standard InChI is InChI=1S/C8H9NO6S/c1-14-6-3-4-8(15-16(2,12)13)7(5-6)9(10)11/h3-5H,1-2H3. The lowest BCUT2D eigenvalue weighted by Gasteiger charge is -2.05. The third-order valence-corrected chi connectivity index (χ3v) is 2.09. The van der Waals surface area contributed by atoms with E-state index in [9.17, 15) is 18.5 Å². The number of ether oxygens (including phenoxy) is 1. The Morgan fingerprint density at radius 1 is 1.38 bits per heavy atom. The normalized spacial score (nSPS) is 10.9. The molecule has 8 heteroatoms. The second-order valence-corrected chi connectivity index (χ2v) is 4.45. The Morgan fingerprint density at radius 2 is 2.00 bits per heavy atom. The second-order valence-electron chi connectivity index (χ2n) is 2.88. The molecule has 0 fully saturated rings. The van der Waals surface area contributed by atoms with Crippen LogP contribution < -0.4 is 8.92 Å². The molecule has 16 heavy (non-hydrogen) atoms. The maximum absolute atomic E-state index is 10.9. The number of methoxy groups -OCH3 is 1. The van der Waals surface area contributed by atoms with Gasteiger partial charge in [0.05, 0.1) is 24.4 Å². The van der Waals surface area contributed by atoms with Gasteiger partial charge in [0.1, 0.15) is 5.75 Å². The molecule has 88 valence electrons. The van der Waals surface area contributed by atoms with Crippen LogP contribution in [0.25, 0.3) is 0 Å². The lowest BCUT2D eigenvalue weighted by molar-refractivity contribution is -0.385. The Balaban J connectivity index is 3.23. The Bertz CT molecular complexity index is 509. The van der Waals surface area contributed by atoms with E-state index in [1.807, 2.05) is 0 Å². The summed E-state index contributed by atoms with van der Waals surface area (Å²) < 4.78 is 31.0. The average molecular weight is 247 g/mol. The van der Waals surface area contributed by atoms with Crippen molar-refractivity contribution in [3.05, 3.63) is 28.3 Å². The van der Waals surface area contributed by atoms with E-state index in [4.69, 9.17) is 4.74 Å². The SMILES string of the molecule is COc1ccc(OS(C)(=O)=O)c([N+](=O)[O-])c1. The predicted molar refractivity (Wildman–Crippen MR) is 55.1 cm³/mol. The quantitative estimate of drug-likeness (QED) is 0.446. The van der Waals surface area contributed by atoms with Gasteiger partial charge in [0, 0.05) is 0 Å². The van der Waals surface area contributed by atoms with Crippen molar-refractivity contribution in [3.8, 4) is 11.5 Å². The smallest absolute Gasteiger partial charge is 0.316 e. The minimum Gasteiger partial charge on any atom is -0.496 e. The highest BCUT2D eigenvalue weighted by Crippen LogP contribution is 2.31. The summed E-state index contributed by atoms with van der Waals surface area (Å²) in [6.07, 6.45) is 0.807. The van der Waals surface area contributed by atoms with Gasteiger partial charge in [-0.1, -0.05) is 0 Å².